The van der Waals surface area contributed by atoms with Gasteiger partial charge in [-0.1, -0.05) is 12.1 Å². The topological polar surface area (TPSA) is 101 Å². The van der Waals surface area contributed by atoms with Crippen LogP contribution in [0.4, 0.5) is 11.5 Å². The van der Waals surface area contributed by atoms with Gasteiger partial charge in [-0.05, 0) is 41.3 Å². The summed E-state index contributed by atoms with van der Waals surface area (Å²) in [5, 5.41) is 29.2. The van der Waals surface area contributed by atoms with E-state index >= 15 is 0 Å². The van der Waals surface area contributed by atoms with Crippen molar-refractivity contribution in [2.75, 3.05) is 11.9 Å². The molecule has 7 nitrogen and oxygen atoms in total. The Morgan fingerprint density at radius 3 is 2.61 bits per heavy atom. The number of aliphatic hydroxyl groups is 1. The van der Waals surface area contributed by atoms with Crippen LogP contribution in [0.3, 0.4) is 0 Å². The second-order valence-electron chi connectivity index (χ2n) is 6.17. The Kier molecular flexibility index (Phi) is 4.96. The second-order valence-corrected chi connectivity index (χ2v) is 6.95. The average molecular weight is 392 g/mol. The molecule has 0 aliphatic heterocycles. The number of nitrogens with zero attached hydrogens (tertiary/aromatic N) is 3. The Balaban J connectivity index is 1.59. The Hall–Kier alpha value is -3.36. The Labute approximate surface area is 164 Å². The molecule has 2 heterocycles. The summed E-state index contributed by atoms with van der Waals surface area (Å²) in [6, 6.07) is 15.5. The molecule has 4 rings (SSSR count). The van der Waals surface area contributed by atoms with Crippen molar-refractivity contribution in [3.63, 3.8) is 0 Å². The minimum absolute atomic E-state index is 0.00823. The number of nitro groups is 1. The summed E-state index contributed by atoms with van der Waals surface area (Å²) in [4.78, 5) is 19.5. The third kappa shape index (κ3) is 3.68. The van der Waals surface area contributed by atoms with E-state index in [4.69, 9.17) is 0 Å². The molecule has 140 valence electrons. The third-order valence-electron chi connectivity index (χ3n) is 4.33. The van der Waals surface area contributed by atoms with Crippen LogP contribution in [-0.4, -0.2) is 26.5 Å². The highest BCUT2D eigenvalue weighted by atomic mass is 32.1. The van der Waals surface area contributed by atoms with Crippen molar-refractivity contribution in [1.82, 2.24) is 9.97 Å². The highest BCUT2D eigenvalue weighted by Crippen LogP contribution is 2.27. The number of aromatic nitrogens is 2. The number of benzene rings is 2. The van der Waals surface area contributed by atoms with E-state index in [1.54, 1.807) is 23.5 Å². The van der Waals surface area contributed by atoms with Crippen LogP contribution in [0.25, 0.3) is 22.3 Å². The van der Waals surface area contributed by atoms with E-state index in [1.807, 2.05) is 41.1 Å². The molecule has 0 saturated heterocycles. The molecule has 2 aromatic heterocycles. The van der Waals surface area contributed by atoms with E-state index in [-0.39, 0.29) is 12.2 Å². The first-order chi connectivity index (χ1) is 13.6. The number of para-hydroxylation sites is 1. The number of hydrogen-bond donors (Lipinski definition) is 2. The van der Waals surface area contributed by atoms with E-state index in [9.17, 15) is 15.2 Å². The van der Waals surface area contributed by atoms with Crippen molar-refractivity contribution in [3.8, 4) is 11.4 Å². The molecule has 0 spiro atoms. The molecule has 0 radical (unpaired) electrons. The Morgan fingerprint density at radius 2 is 1.89 bits per heavy atom. The van der Waals surface area contributed by atoms with Gasteiger partial charge in [0.05, 0.1) is 16.5 Å². The lowest BCUT2D eigenvalue weighted by Crippen LogP contribution is -2.13. The zero-order chi connectivity index (χ0) is 19.5. The molecule has 2 aromatic carbocycles. The maximum absolute atomic E-state index is 10.8. The Bertz CT molecular complexity index is 1110. The van der Waals surface area contributed by atoms with Gasteiger partial charge in [-0.15, -0.1) is 0 Å². The predicted octanol–water partition coefficient (Wildman–Crippen LogP) is 4.41. The van der Waals surface area contributed by atoms with Gasteiger partial charge in [0.1, 0.15) is 5.82 Å². The summed E-state index contributed by atoms with van der Waals surface area (Å²) in [6.07, 6.45) is -0.834. The van der Waals surface area contributed by atoms with Crippen LogP contribution in [0.1, 0.15) is 11.7 Å². The van der Waals surface area contributed by atoms with Gasteiger partial charge in [0, 0.05) is 35.0 Å². The summed E-state index contributed by atoms with van der Waals surface area (Å²) in [5.41, 5.74) is 2.33. The summed E-state index contributed by atoms with van der Waals surface area (Å²) < 4.78 is 0. The number of non-ortho nitro benzene ring substituents is 1. The van der Waals surface area contributed by atoms with Crippen LogP contribution in [0.15, 0.2) is 65.4 Å². The minimum atomic E-state index is -0.834. The lowest BCUT2D eigenvalue weighted by molar-refractivity contribution is -0.384. The fourth-order valence-electron chi connectivity index (χ4n) is 2.86. The summed E-state index contributed by atoms with van der Waals surface area (Å²) in [6.45, 7) is 0.210. The molecule has 0 aliphatic carbocycles. The fourth-order valence-corrected chi connectivity index (χ4v) is 3.50. The minimum Gasteiger partial charge on any atom is -0.387 e. The largest absolute Gasteiger partial charge is 0.387 e. The molecular formula is C20H16N4O3S. The van der Waals surface area contributed by atoms with Crippen LogP contribution in [0.2, 0.25) is 0 Å². The zero-order valence-electron chi connectivity index (χ0n) is 14.6. The van der Waals surface area contributed by atoms with Crippen molar-refractivity contribution >= 4 is 33.7 Å². The zero-order valence-corrected chi connectivity index (χ0v) is 15.5. The molecule has 1 unspecified atom stereocenters. The highest BCUT2D eigenvalue weighted by Gasteiger charge is 2.13. The number of nitrogens with one attached hydrogen (secondary N) is 1. The van der Waals surface area contributed by atoms with Crippen LogP contribution in [0, 0.1) is 10.1 Å². The maximum atomic E-state index is 10.8. The number of anilines is 1. The number of nitro benzene ring substituents is 1. The van der Waals surface area contributed by atoms with Crippen molar-refractivity contribution in [2.45, 2.75) is 6.10 Å². The standard InChI is InChI=1S/C20H16N4O3S/c25-18(13-5-7-15(8-6-13)24(26)27)11-21-20-16-3-1-2-4-17(16)22-19(23-20)14-9-10-28-12-14/h1-10,12,18,25H,11H2,(H,21,22,23). The van der Waals surface area contributed by atoms with E-state index in [0.29, 0.717) is 17.2 Å². The monoisotopic (exact) mass is 392 g/mol. The van der Waals surface area contributed by atoms with E-state index in [1.165, 1.54) is 12.1 Å². The summed E-state index contributed by atoms with van der Waals surface area (Å²) >= 11 is 1.58. The second kappa shape index (κ2) is 7.71. The number of thiophene rings is 1. The van der Waals surface area contributed by atoms with E-state index < -0.39 is 11.0 Å². The van der Waals surface area contributed by atoms with Crippen molar-refractivity contribution in [1.29, 1.82) is 0 Å². The van der Waals surface area contributed by atoms with Gasteiger partial charge >= 0.3 is 0 Å². The van der Waals surface area contributed by atoms with E-state index in [2.05, 4.69) is 15.3 Å². The van der Waals surface area contributed by atoms with Crippen molar-refractivity contribution in [3.05, 3.63) is 81.0 Å². The number of hydrogen-bond acceptors (Lipinski definition) is 7. The fraction of sp³-hybridized carbons (Fsp3) is 0.100. The van der Waals surface area contributed by atoms with Crippen LogP contribution >= 0.6 is 11.3 Å². The molecule has 0 amide bonds. The Morgan fingerprint density at radius 1 is 1.11 bits per heavy atom. The van der Waals surface area contributed by atoms with Gasteiger partial charge < -0.3 is 10.4 Å². The molecule has 1 atom stereocenters. The molecule has 0 fully saturated rings. The number of aliphatic hydroxyl groups excluding tert-OH is 1. The van der Waals surface area contributed by atoms with E-state index in [0.717, 1.165) is 16.5 Å². The molecular weight excluding hydrogens is 376 g/mol. The van der Waals surface area contributed by atoms with Crippen LogP contribution in [-0.2, 0) is 0 Å². The first-order valence-corrected chi connectivity index (χ1v) is 9.52. The number of fused-ring (bicyclic) bond motifs is 1. The molecule has 2 N–H and O–H groups in total. The lowest BCUT2D eigenvalue weighted by Gasteiger charge is -2.14. The smallest absolute Gasteiger partial charge is 0.269 e. The molecule has 4 aromatic rings. The van der Waals surface area contributed by atoms with Gasteiger partial charge in [-0.2, -0.15) is 11.3 Å². The molecule has 8 heteroatoms. The third-order valence-corrected chi connectivity index (χ3v) is 5.02. The van der Waals surface area contributed by atoms with Crippen LogP contribution in [0.5, 0.6) is 0 Å². The van der Waals surface area contributed by atoms with Crippen molar-refractivity contribution < 1.29 is 10.0 Å². The quantitative estimate of drug-likeness (QED) is 0.372. The van der Waals surface area contributed by atoms with Gasteiger partial charge in [0.2, 0.25) is 0 Å². The molecule has 0 saturated carbocycles. The predicted molar refractivity (Wildman–Crippen MR) is 109 cm³/mol. The lowest BCUT2D eigenvalue weighted by atomic mass is 10.1. The summed E-state index contributed by atoms with van der Waals surface area (Å²) in [7, 11) is 0. The van der Waals surface area contributed by atoms with Gasteiger partial charge in [-0.3, -0.25) is 10.1 Å². The van der Waals surface area contributed by atoms with Gasteiger partial charge in [0.25, 0.3) is 5.69 Å². The SMILES string of the molecule is O=[N+]([O-])c1ccc(C(O)CNc2nc(-c3ccsc3)nc3ccccc23)cc1. The first-order valence-electron chi connectivity index (χ1n) is 8.57. The highest BCUT2D eigenvalue weighted by molar-refractivity contribution is 7.08. The number of rotatable bonds is 6. The van der Waals surface area contributed by atoms with Gasteiger partial charge in [-0.25, -0.2) is 9.97 Å². The van der Waals surface area contributed by atoms with Gasteiger partial charge in [0.15, 0.2) is 5.82 Å². The van der Waals surface area contributed by atoms with Crippen LogP contribution < -0.4 is 5.32 Å². The molecule has 28 heavy (non-hydrogen) atoms. The first kappa shape index (κ1) is 18.0. The van der Waals surface area contributed by atoms with Crippen molar-refractivity contribution in [2.24, 2.45) is 0 Å². The molecule has 0 aliphatic rings. The average Bonchev–Trinajstić information content (AvgIpc) is 3.26. The molecule has 0 bridgehead atoms. The summed E-state index contributed by atoms with van der Waals surface area (Å²) in [5.74, 6) is 1.25. The maximum Gasteiger partial charge on any atom is 0.269 e. The normalized spacial score (nSPS) is 12.0.